The third-order valence-electron chi connectivity index (χ3n) is 5.96. The van der Waals surface area contributed by atoms with E-state index in [4.69, 9.17) is 0 Å². The molecule has 2 fully saturated rings. The summed E-state index contributed by atoms with van der Waals surface area (Å²) < 4.78 is 0. The molecular weight excluding hydrogens is 344 g/mol. The number of amides is 2. The quantitative estimate of drug-likeness (QED) is 0.853. The fraction of sp³-hybridized carbons (Fsp3) is 0.579. The van der Waals surface area contributed by atoms with Crippen molar-refractivity contribution >= 4 is 11.8 Å². The number of carbonyl (C=O) groups excluding carboxylic acids is 2. The van der Waals surface area contributed by atoms with Crippen molar-refractivity contribution in [1.29, 1.82) is 0 Å². The largest absolute Gasteiger partial charge is 0.346 e. The number of likely N-dealkylation sites (tertiary alicyclic amines) is 2. The second kappa shape index (κ2) is 7.17. The topological polar surface area (TPSA) is 98.0 Å². The normalized spacial score (nSPS) is 19.0. The summed E-state index contributed by atoms with van der Waals surface area (Å²) in [5, 5.41) is 6.62. The first-order valence-electron chi connectivity index (χ1n) is 9.62. The fourth-order valence-electron chi connectivity index (χ4n) is 4.27. The first-order valence-corrected chi connectivity index (χ1v) is 9.62. The van der Waals surface area contributed by atoms with Crippen molar-refractivity contribution in [3.05, 3.63) is 35.7 Å². The number of aromatic amines is 2. The number of nitrogens with zero attached hydrogens (tertiary/aromatic N) is 4. The Balaban J connectivity index is 1.27. The van der Waals surface area contributed by atoms with Gasteiger partial charge in [0, 0.05) is 57.1 Å². The smallest absolute Gasteiger partial charge is 0.271 e. The summed E-state index contributed by atoms with van der Waals surface area (Å²) in [6, 6.07) is 1.72. The van der Waals surface area contributed by atoms with Crippen LogP contribution in [-0.4, -0.2) is 68.0 Å². The van der Waals surface area contributed by atoms with E-state index in [-0.39, 0.29) is 17.2 Å². The lowest BCUT2D eigenvalue weighted by Crippen LogP contribution is -2.44. The van der Waals surface area contributed by atoms with Crippen LogP contribution in [0.5, 0.6) is 0 Å². The maximum Gasteiger partial charge on any atom is 0.271 e. The van der Waals surface area contributed by atoms with Gasteiger partial charge in [-0.3, -0.25) is 14.7 Å². The molecule has 0 saturated carbocycles. The van der Waals surface area contributed by atoms with Crippen molar-refractivity contribution in [2.75, 3.05) is 26.2 Å². The number of carbonyl (C=O) groups is 2. The molecule has 0 radical (unpaired) electrons. The lowest BCUT2D eigenvalue weighted by molar-refractivity contribution is -0.133. The summed E-state index contributed by atoms with van der Waals surface area (Å²) in [7, 11) is 0. The molecule has 2 saturated heterocycles. The zero-order chi connectivity index (χ0) is 18.9. The van der Waals surface area contributed by atoms with Gasteiger partial charge in [0.1, 0.15) is 11.5 Å². The number of piperidine rings is 1. The van der Waals surface area contributed by atoms with Gasteiger partial charge < -0.3 is 14.8 Å². The van der Waals surface area contributed by atoms with Crippen LogP contribution < -0.4 is 0 Å². The van der Waals surface area contributed by atoms with Gasteiger partial charge in [-0.15, -0.1) is 0 Å². The molecule has 0 aliphatic carbocycles. The van der Waals surface area contributed by atoms with Crippen molar-refractivity contribution in [2.45, 2.75) is 39.0 Å². The van der Waals surface area contributed by atoms with E-state index in [1.807, 2.05) is 16.7 Å². The molecule has 0 bridgehead atoms. The standard InChI is InChI=1S/C19H26N6O2/c1-14-12-20-16(22-14)2-3-17(26)24-9-5-19(6-10-24)7-11-25(13-19)18(27)15-4-8-21-23-15/h4,8,12H,2-3,5-7,9-11,13H2,1H3,(H,20,22)(H,21,23). The van der Waals surface area contributed by atoms with Gasteiger partial charge in [0.25, 0.3) is 5.91 Å². The van der Waals surface area contributed by atoms with Crippen LogP contribution >= 0.6 is 0 Å². The zero-order valence-electron chi connectivity index (χ0n) is 15.7. The number of imidazole rings is 1. The van der Waals surface area contributed by atoms with Crippen LogP contribution in [0.3, 0.4) is 0 Å². The predicted molar refractivity (Wildman–Crippen MR) is 99.0 cm³/mol. The number of aromatic nitrogens is 4. The minimum Gasteiger partial charge on any atom is -0.346 e. The van der Waals surface area contributed by atoms with Gasteiger partial charge >= 0.3 is 0 Å². The number of nitrogens with one attached hydrogen (secondary N) is 2. The summed E-state index contributed by atoms with van der Waals surface area (Å²) in [6.07, 6.45) is 7.48. The van der Waals surface area contributed by atoms with Gasteiger partial charge in [0.2, 0.25) is 5.91 Å². The fourth-order valence-corrected chi connectivity index (χ4v) is 4.27. The monoisotopic (exact) mass is 370 g/mol. The highest BCUT2D eigenvalue weighted by Crippen LogP contribution is 2.40. The minimum atomic E-state index is 0.0247. The molecule has 27 heavy (non-hydrogen) atoms. The van der Waals surface area contributed by atoms with Crippen LogP contribution in [0.25, 0.3) is 0 Å². The van der Waals surface area contributed by atoms with Crippen LogP contribution in [0, 0.1) is 12.3 Å². The van der Waals surface area contributed by atoms with E-state index in [0.29, 0.717) is 18.5 Å². The van der Waals surface area contributed by atoms with Crippen LogP contribution in [0.2, 0.25) is 0 Å². The lowest BCUT2D eigenvalue weighted by Gasteiger charge is -2.39. The van der Waals surface area contributed by atoms with E-state index in [0.717, 1.165) is 57.0 Å². The maximum atomic E-state index is 12.5. The molecule has 144 valence electrons. The van der Waals surface area contributed by atoms with Gasteiger partial charge in [0.05, 0.1) is 0 Å². The Morgan fingerprint density at radius 2 is 1.93 bits per heavy atom. The molecule has 0 aromatic carbocycles. The molecule has 2 aromatic heterocycles. The first kappa shape index (κ1) is 17.8. The summed E-state index contributed by atoms with van der Waals surface area (Å²) in [4.78, 5) is 36.4. The Bertz CT molecular complexity index is 804. The third kappa shape index (κ3) is 3.74. The summed E-state index contributed by atoms with van der Waals surface area (Å²) in [5.74, 6) is 1.09. The Morgan fingerprint density at radius 1 is 1.19 bits per heavy atom. The second-order valence-electron chi connectivity index (χ2n) is 7.84. The van der Waals surface area contributed by atoms with Crippen molar-refractivity contribution < 1.29 is 9.59 Å². The average Bonchev–Trinajstić information content (AvgIpc) is 3.42. The van der Waals surface area contributed by atoms with Crippen molar-refractivity contribution in [3.63, 3.8) is 0 Å². The second-order valence-corrected chi connectivity index (χ2v) is 7.84. The van der Waals surface area contributed by atoms with Crippen LogP contribution in [0.4, 0.5) is 0 Å². The van der Waals surface area contributed by atoms with E-state index in [2.05, 4.69) is 20.2 Å². The molecule has 2 aliphatic heterocycles. The van der Waals surface area contributed by atoms with Gasteiger partial charge in [0.15, 0.2) is 0 Å². The van der Waals surface area contributed by atoms with E-state index >= 15 is 0 Å². The van der Waals surface area contributed by atoms with Gasteiger partial charge in [-0.25, -0.2) is 4.98 Å². The molecule has 2 amide bonds. The van der Waals surface area contributed by atoms with Gasteiger partial charge in [-0.05, 0) is 37.7 Å². The summed E-state index contributed by atoms with van der Waals surface area (Å²) in [6.45, 7) is 5.08. The van der Waals surface area contributed by atoms with E-state index in [9.17, 15) is 9.59 Å². The van der Waals surface area contributed by atoms with Crippen molar-refractivity contribution in [2.24, 2.45) is 5.41 Å². The number of H-pyrrole nitrogens is 2. The predicted octanol–water partition coefficient (Wildman–Crippen LogP) is 1.53. The molecular formula is C19H26N6O2. The number of aryl methyl sites for hydroxylation is 2. The van der Waals surface area contributed by atoms with Crippen molar-refractivity contribution in [1.82, 2.24) is 30.0 Å². The lowest BCUT2D eigenvalue weighted by atomic mass is 9.77. The maximum absolute atomic E-state index is 12.5. The molecule has 2 aliphatic rings. The molecule has 8 nitrogen and oxygen atoms in total. The van der Waals surface area contributed by atoms with Crippen molar-refractivity contribution in [3.8, 4) is 0 Å². The van der Waals surface area contributed by atoms with Gasteiger partial charge in [-0.2, -0.15) is 5.10 Å². The number of rotatable bonds is 4. The Hall–Kier alpha value is -2.64. The molecule has 2 N–H and O–H groups in total. The van der Waals surface area contributed by atoms with Crippen LogP contribution in [-0.2, 0) is 11.2 Å². The Kier molecular flexibility index (Phi) is 4.72. The molecule has 4 rings (SSSR count). The average molecular weight is 370 g/mol. The zero-order valence-corrected chi connectivity index (χ0v) is 15.7. The van der Waals surface area contributed by atoms with Crippen LogP contribution in [0.15, 0.2) is 18.5 Å². The SMILES string of the molecule is Cc1cnc(CCC(=O)N2CCC3(CC2)CCN(C(=O)c2ccn[nH]2)C3)[nH]1. The summed E-state index contributed by atoms with van der Waals surface area (Å²) >= 11 is 0. The summed E-state index contributed by atoms with van der Waals surface area (Å²) in [5.41, 5.74) is 1.73. The Morgan fingerprint density at radius 3 is 2.56 bits per heavy atom. The van der Waals surface area contributed by atoms with E-state index < -0.39 is 0 Å². The highest BCUT2D eigenvalue weighted by Gasteiger charge is 2.42. The van der Waals surface area contributed by atoms with E-state index in [1.54, 1.807) is 18.5 Å². The molecule has 0 unspecified atom stereocenters. The first-order chi connectivity index (χ1) is 13.0. The van der Waals surface area contributed by atoms with E-state index in [1.165, 1.54) is 0 Å². The van der Waals surface area contributed by atoms with Crippen LogP contribution in [0.1, 0.15) is 47.7 Å². The molecule has 8 heteroatoms. The Labute approximate surface area is 158 Å². The third-order valence-corrected chi connectivity index (χ3v) is 5.96. The number of hydrogen-bond donors (Lipinski definition) is 2. The van der Waals surface area contributed by atoms with Gasteiger partial charge in [-0.1, -0.05) is 0 Å². The molecule has 0 atom stereocenters. The minimum absolute atomic E-state index is 0.0247. The highest BCUT2D eigenvalue weighted by molar-refractivity contribution is 5.92. The molecule has 2 aromatic rings. The number of hydrogen-bond acceptors (Lipinski definition) is 4. The highest BCUT2D eigenvalue weighted by atomic mass is 16.2. The molecule has 4 heterocycles. The molecule has 1 spiro atoms.